The smallest absolute Gasteiger partial charge is 0.246 e. The minimum atomic E-state index is -0.0833. The number of nitrogens with zero attached hydrogens (tertiary/aromatic N) is 1. The van der Waals surface area contributed by atoms with Crippen molar-refractivity contribution in [1.82, 2.24) is 4.90 Å². The third-order valence-corrected chi connectivity index (χ3v) is 4.35. The molecule has 2 aromatic carbocycles. The molecule has 0 atom stereocenters. The lowest BCUT2D eigenvalue weighted by atomic mass is 10.1. The van der Waals surface area contributed by atoms with Gasteiger partial charge in [0.1, 0.15) is 11.5 Å². The summed E-state index contributed by atoms with van der Waals surface area (Å²) < 4.78 is 21.3. The predicted octanol–water partition coefficient (Wildman–Crippen LogP) is 3.49. The normalized spacial score (nSPS) is 12.3. The fourth-order valence-electron chi connectivity index (χ4n) is 2.84. The lowest BCUT2D eigenvalue weighted by molar-refractivity contribution is -0.126. The van der Waals surface area contributed by atoms with Crippen LogP contribution in [0.4, 0.5) is 0 Å². The number of amides is 1. The van der Waals surface area contributed by atoms with Crippen molar-refractivity contribution < 1.29 is 23.7 Å². The van der Waals surface area contributed by atoms with Crippen molar-refractivity contribution in [2.45, 2.75) is 13.5 Å². The molecule has 0 saturated carbocycles. The van der Waals surface area contributed by atoms with E-state index in [2.05, 4.69) is 0 Å². The zero-order valence-electron chi connectivity index (χ0n) is 15.7. The van der Waals surface area contributed by atoms with Gasteiger partial charge in [0.05, 0.1) is 14.2 Å². The van der Waals surface area contributed by atoms with E-state index in [-0.39, 0.29) is 12.7 Å². The molecule has 2 aromatic rings. The first-order chi connectivity index (χ1) is 13.1. The van der Waals surface area contributed by atoms with Gasteiger partial charge in [-0.25, -0.2) is 0 Å². The number of benzene rings is 2. The third kappa shape index (κ3) is 4.34. The van der Waals surface area contributed by atoms with Crippen molar-refractivity contribution >= 4 is 12.0 Å². The second kappa shape index (κ2) is 8.49. The monoisotopic (exact) mass is 369 g/mol. The molecule has 0 bridgehead atoms. The fourth-order valence-corrected chi connectivity index (χ4v) is 2.84. The molecule has 3 rings (SSSR count). The Balaban J connectivity index is 1.72. The van der Waals surface area contributed by atoms with Crippen LogP contribution in [0.15, 0.2) is 42.5 Å². The minimum Gasteiger partial charge on any atom is -0.497 e. The molecule has 1 aliphatic heterocycles. The Morgan fingerprint density at radius 1 is 1.11 bits per heavy atom. The van der Waals surface area contributed by atoms with E-state index in [1.54, 1.807) is 31.3 Å². The molecule has 6 nitrogen and oxygen atoms in total. The maximum absolute atomic E-state index is 12.7. The van der Waals surface area contributed by atoms with Crippen molar-refractivity contribution in [2.75, 3.05) is 27.6 Å². The predicted molar refractivity (Wildman–Crippen MR) is 102 cm³/mol. The zero-order chi connectivity index (χ0) is 19.2. The maximum Gasteiger partial charge on any atom is 0.246 e. The Hall–Kier alpha value is -3.15. The molecule has 6 heteroatoms. The summed E-state index contributed by atoms with van der Waals surface area (Å²) in [5.41, 5.74) is 1.77. The van der Waals surface area contributed by atoms with Gasteiger partial charge in [-0.3, -0.25) is 4.79 Å². The van der Waals surface area contributed by atoms with Crippen molar-refractivity contribution in [3.63, 3.8) is 0 Å². The van der Waals surface area contributed by atoms with Crippen LogP contribution in [0.25, 0.3) is 6.08 Å². The van der Waals surface area contributed by atoms with Gasteiger partial charge in [0, 0.05) is 24.7 Å². The topological polar surface area (TPSA) is 57.2 Å². The van der Waals surface area contributed by atoms with Crippen LogP contribution in [0.5, 0.6) is 23.0 Å². The zero-order valence-corrected chi connectivity index (χ0v) is 15.7. The highest BCUT2D eigenvalue weighted by atomic mass is 16.7. The van der Waals surface area contributed by atoms with E-state index in [0.29, 0.717) is 30.3 Å². The molecule has 0 radical (unpaired) electrons. The molecule has 0 aromatic heterocycles. The molecule has 0 saturated heterocycles. The molecular weight excluding hydrogens is 346 g/mol. The number of rotatable bonds is 7. The average molecular weight is 369 g/mol. The number of carbonyl (C=O) groups is 1. The summed E-state index contributed by atoms with van der Waals surface area (Å²) in [6.45, 7) is 3.27. The second-order valence-electron chi connectivity index (χ2n) is 5.98. The average Bonchev–Trinajstić information content (AvgIpc) is 3.17. The SMILES string of the molecule is CCN(Cc1ccc2c(c1)OCO2)C(=O)C=Cc1cc(OC)ccc1OC. The van der Waals surface area contributed by atoms with Crippen molar-refractivity contribution in [3.05, 3.63) is 53.6 Å². The van der Waals surface area contributed by atoms with E-state index >= 15 is 0 Å². The number of methoxy groups -OCH3 is 2. The highest BCUT2D eigenvalue weighted by Crippen LogP contribution is 2.33. The minimum absolute atomic E-state index is 0.0833. The van der Waals surface area contributed by atoms with Gasteiger partial charge in [-0.2, -0.15) is 0 Å². The molecule has 0 N–H and O–H groups in total. The second-order valence-corrected chi connectivity index (χ2v) is 5.98. The van der Waals surface area contributed by atoms with E-state index in [4.69, 9.17) is 18.9 Å². The molecule has 1 aliphatic rings. The molecule has 0 spiro atoms. The first kappa shape index (κ1) is 18.6. The van der Waals surface area contributed by atoms with Crippen LogP contribution in [0.1, 0.15) is 18.1 Å². The van der Waals surface area contributed by atoms with Gasteiger partial charge in [-0.15, -0.1) is 0 Å². The largest absolute Gasteiger partial charge is 0.497 e. The molecule has 0 unspecified atom stereocenters. The molecule has 0 fully saturated rings. The Labute approximate surface area is 158 Å². The number of fused-ring (bicyclic) bond motifs is 1. The number of carbonyl (C=O) groups excluding carboxylic acids is 1. The Bertz CT molecular complexity index is 846. The van der Waals surface area contributed by atoms with Crippen LogP contribution in [0, 0.1) is 0 Å². The van der Waals surface area contributed by atoms with Gasteiger partial charge < -0.3 is 23.8 Å². The molecule has 1 amide bonds. The van der Waals surface area contributed by atoms with Gasteiger partial charge >= 0.3 is 0 Å². The quantitative estimate of drug-likeness (QED) is 0.699. The number of hydrogen-bond donors (Lipinski definition) is 0. The highest BCUT2D eigenvalue weighted by Gasteiger charge is 2.15. The van der Waals surface area contributed by atoms with Crippen molar-refractivity contribution in [2.24, 2.45) is 0 Å². The van der Waals surface area contributed by atoms with Gasteiger partial charge in [0.2, 0.25) is 12.7 Å². The lowest BCUT2D eigenvalue weighted by Crippen LogP contribution is -2.28. The lowest BCUT2D eigenvalue weighted by Gasteiger charge is -2.19. The van der Waals surface area contributed by atoms with Gasteiger partial charge in [-0.1, -0.05) is 6.07 Å². The van der Waals surface area contributed by atoms with Crippen molar-refractivity contribution in [3.8, 4) is 23.0 Å². The maximum atomic E-state index is 12.7. The summed E-state index contributed by atoms with van der Waals surface area (Å²) in [6.07, 6.45) is 3.29. The van der Waals surface area contributed by atoms with E-state index < -0.39 is 0 Å². The van der Waals surface area contributed by atoms with Crippen LogP contribution in [-0.2, 0) is 11.3 Å². The van der Waals surface area contributed by atoms with Gasteiger partial charge in [0.25, 0.3) is 0 Å². The number of ether oxygens (including phenoxy) is 4. The molecular formula is C21H23NO5. The number of hydrogen-bond acceptors (Lipinski definition) is 5. The summed E-state index contributed by atoms with van der Waals surface area (Å²) >= 11 is 0. The van der Waals surface area contributed by atoms with Gasteiger partial charge in [0.15, 0.2) is 11.5 Å². The summed E-state index contributed by atoms with van der Waals surface area (Å²) in [6, 6.07) is 11.2. The van der Waals surface area contributed by atoms with E-state index in [0.717, 1.165) is 16.9 Å². The summed E-state index contributed by atoms with van der Waals surface area (Å²) in [5.74, 6) is 2.75. The first-order valence-electron chi connectivity index (χ1n) is 8.72. The summed E-state index contributed by atoms with van der Waals surface area (Å²) in [5, 5.41) is 0. The molecule has 142 valence electrons. The third-order valence-electron chi connectivity index (χ3n) is 4.35. The first-order valence-corrected chi connectivity index (χ1v) is 8.72. The molecule has 1 heterocycles. The van der Waals surface area contributed by atoms with Crippen molar-refractivity contribution in [1.29, 1.82) is 0 Å². The number of likely N-dealkylation sites (N-methyl/N-ethyl adjacent to an activating group) is 1. The molecule has 0 aliphatic carbocycles. The van der Waals surface area contributed by atoms with Crippen LogP contribution in [-0.4, -0.2) is 38.4 Å². The standard InChI is InChI=1S/C21H23NO5/c1-4-22(13-15-5-8-19-20(11-15)27-14-26-19)21(23)10-6-16-12-17(24-2)7-9-18(16)25-3/h5-12H,4,13-14H2,1-3H3. The molecule has 27 heavy (non-hydrogen) atoms. The van der Waals surface area contributed by atoms with Crippen LogP contribution >= 0.6 is 0 Å². The van der Waals surface area contributed by atoms with Gasteiger partial charge in [-0.05, 0) is 48.9 Å². The fraction of sp³-hybridized carbons (Fsp3) is 0.286. The van der Waals surface area contributed by atoms with Crippen LogP contribution < -0.4 is 18.9 Å². The van der Waals surface area contributed by atoms with Crippen LogP contribution in [0.3, 0.4) is 0 Å². The van der Waals surface area contributed by atoms with E-state index in [1.165, 1.54) is 0 Å². The summed E-state index contributed by atoms with van der Waals surface area (Å²) in [4.78, 5) is 14.4. The van der Waals surface area contributed by atoms with E-state index in [9.17, 15) is 4.79 Å². The Morgan fingerprint density at radius 3 is 2.67 bits per heavy atom. The Kier molecular flexibility index (Phi) is 5.86. The van der Waals surface area contributed by atoms with E-state index in [1.807, 2.05) is 43.3 Å². The summed E-state index contributed by atoms with van der Waals surface area (Å²) in [7, 11) is 3.20. The van der Waals surface area contributed by atoms with Crippen LogP contribution in [0.2, 0.25) is 0 Å². The highest BCUT2D eigenvalue weighted by molar-refractivity contribution is 5.92. The Morgan fingerprint density at radius 2 is 1.93 bits per heavy atom.